The third kappa shape index (κ3) is 4.70. The van der Waals surface area contributed by atoms with Gasteiger partial charge in [0.1, 0.15) is 12.0 Å². The van der Waals surface area contributed by atoms with Crippen LogP contribution in [-0.4, -0.2) is 39.4 Å². The summed E-state index contributed by atoms with van der Waals surface area (Å²) in [5.41, 5.74) is 0.167. The summed E-state index contributed by atoms with van der Waals surface area (Å²) < 4.78 is 54.9. The molecule has 0 radical (unpaired) electrons. The largest absolute Gasteiger partial charge is 0.450 e. The number of anilines is 1. The zero-order chi connectivity index (χ0) is 22.9. The van der Waals surface area contributed by atoms with Gasteiger partial charge in [-0.2, -0.15) is 5.10 Å². The summed E-state index contributed by atoms with van der Waals surface area (Å²) in [5, 5.41) is 4.42. The predicted molar refractivity (Wildman–Crippen MR) is 117 cm³/mol. The van der Waals surface area contributed by atoms with E-state index in [1.165, 1.54) is 0 Å². The van der Waals surface area contributed by atoms with Crippen molar-refractivity contribution in [3.8, 4) is 11.5 Å². The highest BCUT2D eigenvalue weighted by Gasteiger charge is 2.29. The molecular weight excluding hydrogens is 503 g/mol. The SMILES string of the molecule is Fc1cc(F)c(C2CCN(c3ncc(Oc4cn(C5CCCCO5)nc4Br)cn3)C2)cc1F. The molecule has 0 aliphatic carbocycles. The van der Waals surface area contributed by atoms with Gasteiger partial charge in [0.05, 0.1) is 18.6 Å². The summed E-state index contributed by atoms with van der Waals surface area (Å²) in [4.78, 5) is 10.6. The van der Waals surface area contributed by atoms with Crippen molar-refractivity contribution in [2.45, 2.75) is 37.8 Å². The Bertz CT molecular complexity index is 1140. The number of halogens is 4. The minimum absolute atomic E-state index is 0.103. The number of aromatic nitrogens is 4. The molecule has 0 bridgehead atoms. The van der Waals surface area contributed by atoms with E-state index in [0.717, 1.165) is 25.3 Å². The van der Waals surface area contributed by atoms with E-state index >= 15 is 0 Å². The van der Waals surface area contributed by atoms with E-state index in [1.54, 1.807) is 23.3 Å². The molecule has 0 N–H and O–H groups in total. The van der Waals surface area contributed by atoms with Gasteiger partial charge >= 0.3 is 0 Å². The van der Waals surface area contributed by atoms with Crippen molar-refractivity contribution >= 4 is 21.9 Å². The lowest BCUT2D eigenvalue weighted by Crippen LogP contribution is -2.21. The van der Waals surface area contributed by atoms with E-state index in [1.807, 2.05) is 4.90 Å². The molecule has 0 saturated carbocycles. The number of benzene rings is 1. The third-order valence-corrected chi connectivity index (χ3v) is 6.45. The summed E-state index contributed by atoms with van der Waals surface area (Å²) in [6.45, 7) is 1.69. The van der Waals surface area contributed by atoms with Crippen LogP contribution in [0.25, 0.3) is 0 Å². The minimum Gasteiger partial charge on any atom is -0.450 e. The molecule has 5 rings (SSSR count). The topological polar surface area (TPSA) is 65.3 Å². The molecule has 174 valence electrons. The Hall–Kier alpha value is -2.66. The molecule has 3 aromatic rings. The van der Waals surface area contributed by atoms with Crippen LogP contribution in [0.1, 0.15) is 43.4 Å². The normalized spacial score (nSPS) is 20.9. The average molecular weight is 524 g/mol. The smallest absolute Gasteiger partial charge is 0.225 e. The molecule has 2 atom stereocenters. The standard InChI is InChI=1S/C22H21BrF3N5O2/c23-21-19(12-31(29-21)20-3-1-2-6-32-20)33-14-9-27-22(28-10-14)30-5-4-13(11-30)15-7-17(25)18(26)8-16(15)24/h7-10,12-13,20H,1-6,11H2. The average Bonchev–Trinajstić information content (AvgIpc) is 3.45. The second-order valence-corrected chi connectivity index (χ2v) is 8.88. The van der Waals surface area contributed by atoms with Crippen LogP contribution in [0.2, 0.25) is 0 Å². The van der Waals surface area contributed by atoms with Crippen LogP contribution in [0.5, 0.6) is 11.5 Å². The molecular formula is C22H21BrF3N5O2. The Balaban J connectivity index is 1.24. The van der Waals surface area contributed by atoms with Crippen molar-refractivity contribution < 1.29 is 22.6 Å². The third-order valence-electron chi connectivity index (χ3n) is 5.90. The quantitative estimate of drug-likeness (QED) is 0.420. The second kappa shape index (κ2) is 9.30. The predicted octanol–water partition coefficient (Wildman–Crippen LogP) is 5.34. The minimum atomic E-state index is -1.19. The van der Waals surface area contributed by atoms with Gasteiger partial charge in [0.25, 0.3) is 0 Å². The second-order valence-electron chi connectivity index (χ2n) is 8.13. The number of ether oxygens (including phenoxy) is 2. The fraction of sp³-hybridized carbons (Fsp3) is 0.409. The molecule has 33 heavy (non-hydrogen) atoms. The van der Waals surface area contributed by atoms with Crippen LogP contribution in [0.15, 0.2) is 35.3 Å². The first kappa shape index (κ1) is 22.1. The summed E-state index contributed by atoms with van der Waals surface area (Å²) in [5.74, 6) is -1.83. The fourth-order valence-corrected chi connectivity index (χ4v) is 4.57. The van der Waals surface area contributed by atoms with Gasteiger partial charge in [-0.05, 0) is 53.2 Å². The molecule has 0 spiro atoms. The Kier molecular flexibility index (Phi) is 6.24. The van der Waals surface area contributed by atoms with Crippen LogP contribution in [-0.2, 0) is 4.74 Å². The van der Waals surface area contributed by atoms with Gasteiger partial charge in [-0.3, -0.25) is 0 Å². The van der Waals surface area contributed by atoms with Crippen molar-refractivity contribution in [2.24, 2.45) is 0 Å². The maximum Gasteiger partial charge on any atom is 0.225 e. The summed E-state index contributed by atoms with van der Waals surface area (Å²) in [6.07, 6.45) is 8.40. The number of rotatable bonds is 5. The molecule has 2 fully saturated rings. The molecule has 2 saturated heterocycles. The monoisotopic (exact) mass is 523 g/mol. The highest BCUT2D eigenvalue weighted by Crippen LogP contribution is 2.34. The van der Waals surface area contributed by atoms with Crippen LogP contribution < -0.4 is 9.64 Å². The lowest BCUT2D eigenvalue weighted by Gasteiger charge is -2.22. The first-order valence-electron chi connectivity index (χ1n) is 10.7. The molecule has 2 unspecified atom stereocenters. The molecule has 1 aromatic carbocycles. The highest BCUT2D eigenvalue weighted by molar-refractivity contribution is 9.10. The zero-order valence-electron chi connectivity index (χ0n) is 17.6. The van der Waals surface area contributed by atoms with Crippen LogP contribution in [0.4, 0.5) is 19.1 Å². The Labute approximate surface area is 196 Å². The Morgan fingerprint density at radius 1 is 1.03 bits per heavy atom. The zero-order valence-corrected chi connectivity index (χ0v) is 19.1. The number of hydrogen-bond acceptors (Lipinski definition) is 6. The lowest BCUT2D eigenvalue weighted by atomic mass is 9.97. The van der Waals surface area contributed by atoms with Gasteiger partial charge in [-0.25, -0.2) is 27.8 Å². The first-order valence-corrected chi connectivity index (χ1v) is 11.5. The van der Waals surface area contributed by atoms with Crippen molar-refractivity contribution in [3.63, 3.8) is 0 Å². The van der Waals surface area contributed by atoms with Gasteiger partial charge in [-0.15, -0.1) is 0 Å². The van der Waals surface area contributed by atoms with Crippen LogP contribution >= 0.6 is 15.9 Å². The van der Waals surface area contributed by atoms with E-state index in [9.17, 15) is 13.2 Å². The molecule has 2 aliphatic heterocycles. The Morgan fingerprint density at radius 2 is 1.82 bits per heavy atom. The van der Waals surface area contributed by atoms with E-state index in [4.69, 9.17) is 9.47 Å². The Morgan fingerprint density at radius 3 is 2.58 bits per heavy atom. The number of nitrogens with zero attached hydrogens (tertiary/aromatic N) is 5. The van der Waals surface area contributed by atoms with Gasteiger partial charge in [0.15, 0.2) is 27.7 Å². The van der Waals surface area contributed by atoms with Crippen molar-refractivity contribution in [2.75, 3.05) is 24.6 Å². The van der Waals surface area contributed by atoms with E-state index < -0.39 is 17.5 Å². The molecule has 2 aromatic heterocycles. The van der Waals surface area contributed by atoms with E-state index in [0.29, 0.717) is 54.2 Å². The molecule has 7 nitrogen and oxygen atoms in total. The highest BCUT2D eigenvalue weighted by atomic mass is 79.9. The van der Waals surface area contributed by atoms with Gasteiger partial charge < -0.3 is 14.4 Å². The van der Waals surface area contributed by atoms with Crippen LogP contribution in [0.3, 0.4) is 0 Å². The van der Waals surface area contributed by atoms with Gasteiger partial charge in [0.2, 0.25) is 5.95 Å². The van der Waals surface area contributed by atoms with Gasteiger partial charge in [0, 0.05) is 31.7 Å². The first-order chi connectivity index (χ1) is 16.0. The van der Waals surface area contributed by atoms with Gasteiger partial charge in [-0.1, -0.05) is 0 Å². The van der Waals surface area contributed by atoms with Crippen LogP contribution in [0, 0.1) is 17.5 Å². The fourth-order valence-electron chi connectivity index (χ4n) is 4.20. The van der Waals surface area contributed by atoms with Crippen molar-refractivity contribution in [1.82, 2.24) is 19.7 Å². The molecule has 11 heteroatoms. The molecule has 0 amide bonds. The summed E-state index contributed by atoms with van der Waals surface area (Å²) in [7, 11) is 0. The summed E-state index contributed by atoms with van der Waals surface area (Å²) in [6, 6.07) is 1.53. The van der Waals surface area contributed by atoms with E-state index in [2.05, 4.69) is 31.0 Å². The number of hydrogen-bond donors (Lipinski definition) is 0. The molecule has 2 aliphatic rings. The lowest BCUT2D eigenvalue weighted by molar-refractivity contribution is -0.0397. The maximum absolute atomic E-state index is 14.1. The van der Waals surface area contributed by atoms with Crippen molar-refractivity contribution in [1.29, 1.82) is 0 Å². The molecule has 4 heterocycles. The summed E-state index contributed by atoms with van der Waals surface area (Å²) >= 11 is 3.41. The van der Waals surface area contributed by atoms with E-state index in [-0.39, 0.29) is 17.7 Å². The maximum atomic E-state index is 14.1. The van der Waals surface area contributed by atoms with Crippen molar-refractivity contribution in [3.05, 3.63) is 58.3 Å².